The highest BCUT2D eigenvalue weighted by Crippen LogP contribution is 2.74. The van der Waals surface area contributed by atoms with Crippen LogP contribution in [-0.4, -0.2) is 21.1 Å². The van der Waals surface area contributed by atoms with Crippen molar-refractivity contribution < 1.29 is 35.4 Å². The summed E-state index contributed by atoms with van der Waals surface area (Å²) in [6, 6.07) is 0. The molecule has 0 unspecified atom stereocenters. The molecule has 2 aliphatic rings. The van der Waals surface area contributed by atoms with E-state index in [2.05, 4.69) is 21.4 Å². The minimum atomic E-state index is -3.98. The maximum atomic E-state index is 10.9. The zero-order chi connectivity index (χ0) is 9.04. The molecule has 0 aromatic rings. The summed E-state index contributed by atoms with van der Waals surface area (Å²) in [5, 5.41) is 0. The van der Waals surface area contributed by atoms with Crippen LogP contribution < -0.4 is 0 Å². The van der Waals surface area contributed by atoms with Gasteiger partial charge >= 0.3 is 24.7 Å². The fraction of sp³-hybridized carbons (Fsp3) is 1.00. The van der Waals surface area contributed by atoms with Gasteiger partial charge in [-0.3, -0.25) is 21.4 Å². The van der Waals surface area contributed by atoms with E-state index in [-0.39, 0.29) is 0 Å². The molecule has 0 radical (unpaired) electrons. The third-order valence-electron chi connectivity index (χ3n) is 1.13. The lowest BCUT2D eigenvalue weighted by Gasteiger charge is -2.44. The van der Waals surface area contributed by atoms with Crippen molar-refractivity contribution >= 4 is 24.7 Å². The van der Waals surface area contributed by atoms with Gasteiger partial charge in [0.15, 0.2) is 0 Å². The molecule has 11 heteroatoms. The average molecular weight is 234 g/mol. The topological polar surface area (TPSA) is 101 Å². The first-order valence-electron chi connectivity index (χ1n) is 2.70. The Bertz CT molecular complexity index is 288. The van der Waals surface area contributed by atoms with Crippen LogP contribution in [0.15, 0.2) is 0 Å². The van der Waals surface area contributed by atoms with Gasteiger partial charge < -0.3 is 4.89 Å². The summed E-state index contributed by atoms with van der Waals surface area (Å²) in [5.74, 6) is 0. The van der Waals surface area contributed by atoms with Crippen molar-refractivity contribution in [1.82, 2.24) is 0 Å². The van der Waals surface area contributed by atoms with Gasteiger partial charge in [-0.05, 0) is 0 Å². The van der Waals surface area contributed by atoms with Crippen molar-refractivity contribution in [1.29, 1.82) is 0 Å². The minimum Gasteiger partial charge on any atom is -0.304 e. The number of phosphoric acid groups is 2. The third kappa shape index (κ3) is 1.23. The van der Waals surface area contributed by atoms with Crippen LogP contribution in [0.25, 0.3) is 0 Å². The van der Waals surface area contributed by atoms with E-state index in [0.717, 1.165) is 7.11 Å². The standard InChI is InChI=1S/CH4O8P2Si/c1-5-11(4)8-12(9-11)6-10(2,3)7-12/h1H3,(H,2,3). The van der Waals surface area contributed by atoms with Gasteiger partial charge in [0.2, 0.25) is 0 Å². The molecule has 8 nitrogen and oxygen atoms in total. The predicted octanol–water partition coefficient (Wildman–Crippen LogP) is 0.370. The molecular weight excluding hydrogens is 230 g/mol. The first kappa shape index (κ1) is 9.01. The van der Waals surface area contributed by atoms with Gasteiger partial charge in [0.05, 0.1) is 0 Å². The van der Waals surface area contributed by atoms with Gasteiger partial charge in [0, 0.05) is 7.11 Å². The van der Waals surface area contributed by atoms with Crippen molar-refractivity contribution in [3.05, 3.63) is 0 Å². The second kappa shape index (κ2) is 2.27. The molecule has 0 saturated carbocycles. The smallest absolute Gasteiger partial charge is 0.304 e. The summed E-state index contributed by atoms with van der Waals surface area (Å²) in [7, 11) is -9.89. The van der Waals surface area contributed by atoms with Crippen molar-refractivity contribution in [2.24, 2.45) is 0 Å². The van der Waals surface area contributed by atoms with E-state index in [1.54, 1.807) is 0 Å². The molecule has 0 aromatic carbocycles. The van der Waals surface area contributed by atoms with E-state index in [0.29, 0.717) is 0 Å². The van der Waals surface area contributed by atoms with Crippen LogP contribution in [0.1, 0.15) is 0 Å². The van der Waals surface area contributed by atoms with Crippen molar-refractivity contribution in [2.75, 3.05) is 7.11 Å². The number of hydrogen-bond acceptors (Lipinski definition) is 7. The van der Waals surface area contributed by atoms with E-state index in [1.807, 2.05) is 0 Å². The quantitative estimate of drug-likeness (QED) is 0.513. The molecule has 2 fully saturated rings. The highest BCUT2D eigenvalue weighted by Gasteiger charge is 2.79. The van der Waals surface area contributed by atoms with Crippen LogP contribution in [-0.2, 0) is 30.5 Å². The van der Waals surface area contributed by atoms with Gasteiger partial charge in [-0.2, -0.15) is 0 Å². The van der Waals surface area contributed by atoms with Crippen molar-refractivity contribution in [2.45, 2.75) is 0 Å². The molecule has 2 saturated heterocycles. The molecule has 1 spiro atoms. The normalized spacial score (nSPS) is 57.8. The highest BCUT2D eigenvalue weighted by atomic mass is 31.2. The number of hydrogen-bond donors (Lipinski definition) is 1. The van der Waals surface area contributed by atoms with Gasteiger partial charge in [0.1, 0.15) is 0 Å². The van der Waals surface area contributed by atoms with Gasteiger partial charge in [-0.1, -0.05) is 0 Å². The molecule has 1 N–H and O–H groups in total. The average Bonchev–Trinajstić information content (AvgIpc) is 1.80. The van der Waals surface area contributed by atoms with Gasteiger partial charge in [-0.25, -0.2) is 9.13 Å². The molecule has 2 heterocycles. The van der Waals surface area contributed by atoms with Crippen LogP contribution in [0, 0.1) is 0 Å². The van der Waals surface area contributed by atoms with E-state index in [4.69, 9.17) is 4.89 Å². The lowest BCUT2D eigenvalue weighted by atomic mass is 11.8. The SMILES string of the molecule is COP1(=O)O[Si]2(OP(=O)(O)O2)O1. The summed E-state index contributed by atoms with van der Waals surface area (Å²) < 4.78 is 43.2. The lowest BCUT2D eigenvalue weighted by molar-refractivity contribution is -0.00951. The molecule has 12 heavy (non-hydrogen) atoms. The molecule has 0 amide bonds. The van der Waals surface area contributed by atoms with Crippen LogP contribution in [0.5, 0.6) is 0 Å². The maximum Gasteiger partial charge on any atom is 0.714 e. The fourth-order valence-electron chi connectivity index (χ4n) is 0.711. The summed E-state index contributed by atoms with van der Waals surface area (Å²) in [6.45, 7) is 0. The third-order valence-corrected chi connectivity index (χ3v) is 8.78. The molecule has 0 aliphatic carbocycles. The van der Waals surface area contributed by atoms with E-state index < -0.39 is 24.7 Å². The molecule has 0 aromatic heterocycles. The Morgan fingerprint density at radius 1 is 1.25 bits per heavy atom. The van der Waals surface area contributed by atoms with Crippen LogP contribution in [0.3, 0.4) is 0 Å². The first-order valence-corrected chi connectivity index (χ1v) is 7.29. The summed E-state index contributed by atoms with van der Waals surface area (Å²) >= 11 is 0. The zero-order valence-electron chi connectivity index (χ0n) is 5.70. The molecule has 0 bridgehead atoms. The fourth-order valence-corrected chi connectivity index (χ4v) is 7.60. The van der Waals surface area contributed by atoms with Crippen LogP contribution in [0.4, 0.5) is 0 Å². The molecule has 2 aliphatic heterocycles. The first-order chi connectivity index (χ1) is 5.39. The largest absolute Gasteiger partial charge is 0.714 e. The Balaban J connectivity index is 1.99. The Hall–Kier alpha value is 0.437. The second-order valence-electron chi connectivity index (χ2n) is 1.96. The Kier molecular flexibility index (Phi) is 1.70. The summed E-state index contributed by atoms with van der Waals surface area (Å²) in [6.07, 6.45) is 0. The Labute approximate surface area is 68.1 Å². The van der Waals surface area contributed by atoms with Crippen LogP contribution >= 0.6 is 15.6 Å². The van der Waals surface area contributed by atoms with E-state index >= 15 is 0 Å². The monoisotopic (exact) mass is 234 g/mol. The Morgan fingerprint density at radius 2 is 1.75 bits per heavy atom. The second-order valence-corrected chi connectivity index (χ2v) is 8.08. The summed E-state index contributed by atoms with van der Waals surface area (Å²) in [4.78, 5) is 8.51. The predicted molar refractivity (Wildman–Crippen MR) is 34.5 cm³/mol. The maximum absolute atomic E-state index is 10.9. The van der Waals surface area contributed by atoms with Crippen LogP contribution in [0.2, 0.25) is 0 Å². The molecular formula is CH4O8P2Si. The van der Waals surface area contributed by atoms with Gasteiger partial charge in [-0.15, -0.1) is 0 Å². The number of rotatable bonds is 1. The lowest BCUT2D eigenvalue weighted by Crippen LogP contribution is -2.59. The molecule has 70 valence electrons. The van der Waals surface area contributed by atoms with Crippen molar-refractivity contribution in [3.63, 3.8) is 0 Å². The summed E-state index contributed by atoms with van der Waals surface area (Å²) in [5.41, 5.74) is 0. The van der Waals surface area contributed by atoms with Crippen molar-refractivity contribution in [3.8, 4) is 0 Å². The zero-order valence-corrected chi connectivity index (χ0v) is 8.49. The minimum absolute atomic E-state index is 1.11. The van der Waals surface area contributed by atoms with E-state index in [1.165, 1.54) is 0 Å². The van der Waals surface area contributed by atoms with E-state index in [9.17, 15) is 9.13 Å². The molecule has 0 atom stereocenters. The molecule has 2 rings (SSSR count). The highest BCUT2D eigenvalue weighted by molar-refractivity contribution is 7.61. The van der Waals surface area contributed by atoms with Gasteiger partial charge in [0.25, 0.3) is 0 Å². The Morgan fingerprint density at radius 3 is 2.08 bits per heavy atom.